The smallest absolute Gasteiger partial charge is 0.273 e. The number of rotatable bonds is 6. The fourth-order valence-corrected chi connectivity index (χ4v) is 3.48. The van der Waals surface area contributed by atoms with E-state index in [9.17, 15) is 14.4 Å². The monoisotopic (exact) mass is 435 g/mol. The highest BCUT2D eigenvalue weighted by molar-refractivity contribution is 6.33. The maximum Gasteiger partial charge on any atom is 0.273 e. The number of hydrogen-bond donors (Lipinski definition) is 2. The van der Waals surface area contributed by atoms with E-state index in [1.807, 2.05) is 0 Å². The van der Waals surface area contributed by atoms with Crippen LogP contribution in [0.5, 0.6) is 5.75 Å². The number of ether oxygens (including phenoxy) is 1. The van der Waals surface area contributed by atoms with E-state index in [4.69, 9.17) is 27.9 Å². The molecule has 2 aromatic carbocycles. The molecule has 7 nitrogen and oxygen atoms in total. The van der Waals surface area contributed by atoms with Gasteiger partial charge in [-0.2, -0.15) is 0 Å². The van der Waals surface area contributed by atoms with Crippen molar-refractivity contribution in [1.29, 1.82) is 0 Å². The van der Waals surface area contributed by atoms with E-state index >= 15 is 0 Å². The summed E-state index contributed by atoms with van der Waals surface area (Å²) >= 11 is 12.1. The number of anilines is 1. The van der Waals surface area contributed by atoms with Crippen molar-refractivity contribution in [3.63, 3.8) is 0 Å². The highest BCUT2D eigenvalue weighted by Crippen LogP contribution is 2.37. The van der Waals surface area contributed by atoms with Gasteiger partial charge in [0, 0.05) is 23.7 Å². The molecular formula is C20H19Cl2N3O4. The number of nitrogens with one attached hydrogen (secondary N) is 2. The maximum atomic E-state index is 12.8. The zero-order valence-electron chi connectivity index (χ0n) is 15.7. The van der Waals surface area contributed by atoms with E-state index in [-0.39, 0.29) is 17.2 Å². The zero-order chi connectivity index (χ0) is 21.1. The molecule has 9 heteroatoms. The van der Waals surface area contributed by atoms with Crippen LogP contribution in [0.3, 0.4) is 0 Å². The molecule has 2 unspecified atom stereocenters. The second-order valence-corrected chi connectivity index (χ2v) is 7.28. The van der Waals surface area contributed by atoms with Crippen molar-refractivity contribution in [3.05, 3.63) is 58.6 Å². The van der Waals surface area contributed by atoms with E-state index in [0.29, 0.717) is 17.3 Å². The van der Waals surface area contributed by atoms with Crippen LogP contribution in [-0.2, 0) is 9.59 Å². The van der Waals surface area contributed by atoms with Gasteiger partial charge in [-0.3, -0.25) is 19.8 Å². The Hall–Kier alpha value is -2.77. The summed E-state index contributed by atoms with van der Waals surface area (Å²) in [6.07, 6.45) is 0. The van der Waals surface area contributed by atoms with Gasteiger partial charge < -0.3 is 10.1 Å². The lowest BCUT2D eigenvalue weighted by molar-refractivity contribution is -0.149. The average Bonchev–Trinajstić information content (AvgIpc) is 2.68. The molecule has 1 fully saturated rings. The number of hydrogen-bond acceptors (Lipinski definition) is 4. The first-order chi connectivity index (χ1) is 13.8. The van der Waals surface area contributed by atoms with E-state index < -0.39 is 23.2 Å². The van der Waals surface area contributed by atoms with Gasteiger partial charge in [0.15, 0.2) is 0 Å². The summed E-state index contributed by atoms with van der Waals surface area (Å²) in [5, 5.41) is 3.60. The Kier molecular flexibility index (Phi) is 6.30. The molecular weight excluding hydrogens is 417 g/mol. The Bertz CT molecular complexity index is 949. The molecule has 2 atom stereocenters. The number of carbonyl (C=O) groups excluding carboxylic acids is 3. The van der Waals surface area contributed by atoms with Crippen LogP contribution < -0.4 is 15.5 Å². The predicted octanol–water partition coefficient (Wildman–Crippen LogP) is 3.53. The molecule has 3 amide bonds. The maximum absolute atomic E-state index is 12.8. The molecule has 0 saturated carbocycles. The summed E-state index contributed by atoms with van der Waals surface area (Å²) in [4.78, 5) is 36.3. The molecule has 0 bridgehead atoms. The Labute approximate surface area is 177 Å². The summed E-state index contributed by atoms with van der Waals surface area (Å²) < 4.78 is 5.53. The number of alkyl halides is 1. The standard InChI is InChI=1S/C20H19Cl2N3O4/c1-3-29-16-10-14(23-11(2)26)8-9-15(16)19(27)24-25-18(17(22)20(25)28)12-4-6-13(21)7-5-12/h4-10,17-18H,3H2,1-2H3,(H,23,26)(H,24,27). The van der Waals surface area contributed by atoms with Crippen LogP contribution in [0.1, 0.15) is 35.8 Å². The fraction of sp³-hybridized carbons (Fsp3) is 0.250. The fourth-order valence-electron chi connectivity index (χ4n) is 2.99. The first kappa shape index (κ1) is 21.0. The molecule has 0 spiro atoms. The van der Waals surface area contributed by atoms with Crippen molar-refractivity contribution in [2.45, 2.75) is 25.3 Å². The Morgan fingerprint density at radius 2 is 1.86 bits per heavy atom. The van der Waals surface area contributed by atoms with Gasteiger partial charge in [0.05, 0.1) is 12.2 Å². The van der Waals surface area contributed by atoms with Crippen LogP contribution in [-0.4, -0.2) is 34.7 Å². The minimum absolute atomic E-state index is 0.224. The highest BCUT2D eigenvalue weighted by atomic mass is 35.5. The summed E-state index contributed by atoms with van der Waals surface area (Å²) in [5.41, 5.74) is 4.07. The third-order valence-electron chi connectivity index (χ3n) is 4.31. The van der Waals surface area contributed by atoms with Crippen LogP contribution in [0.15, 0.2) is 42.5 Å². The molecule has 2 N–H and O–H groups in total. The third kappa shape index (κ3) is 4.46. The normalized spacial score (nSPS) is 18.1. The van der Waals surface area contributed by atoms with Gasteiger partial charge in [-0.15, -0.1) is 11.6 Å². The number of benzene rings is 2. The van der Waals surface area contributed by atoms with Crippen LogP contribution in [0, 0.1) is 0 Å². The van der Waals surface area contributed by atoms with Crippen molar-refractivity contribution in [1.82, 2.24) is 10.4 Å². The summed E-state index contributed by atoms with van der Waals surface area (Å²) in [5.74, 6) is -0.893. The van der Waals surface area contributed by atoms with E-state index in [1.54, 1.807) is 43.3 Å². The van der Waals surface area contributed by atoms with Crippen LogP contribution >= 0.6 is 23.2 Å². The topological polar surface area (TPSA) is 87.7 Å². The Morgan fingerprint density at radius 3 is 2.48 bits per heavy atom. The van der Waals surface area contributed by atoms with Gasteiger partial charge in [0.2, 0.25) is 5.91 Å². The predicted molar refractivity (Wildman–Crippen MR) is 110 cm³/mol. The second-order valence-electron chi connectivity index (χ2n) is 6.37. The molecule has 1 aliphatic heterocycles. The number of halogens is 2. The average molecular weight is 436 g/mol. The lowest BCUT2D eigenvalue weighted by Gasteiger charge is -2.44. The van der Waals surface area contributed by atoms with Crippen LogP contribution in [0.2, 0.25) is 5.02 Å². The van der Waals surface area contributed by atoms with Crippen molar-refractivity contribution < 1.29 is 19.1 Å². The second kappa shape index (κ2) is 8.71. The number of β-lactam (4-membered cyclic amide) rings is 1. The number of hydrazine groups is 1. The molecule has 2 aromatic rings. The molecule has 152 valence electrons. The van der Waals surface area contributed by atoms with Crippen molar-refractivity contribution in [2.24, 2.45) is 0 Å². The molecule has 1 heterocycles. The summed E-state index contributed by atoms with van der Waals surface area (Å²) in [6.45, 7) is 3.49. The van der Waals surface area contributed by atoms with Gasteiger partial charge >= 0.3 is 0 Å². The molecule has 0 aromatic heterocycles. The van der Waals surface area contributed by atoms with Gasteiger partial charge in [0.1, 0.15) is 17.2 Å². The molecule has 29 heavy (non-hydrogen) atoms. The number of amides is 3. The Morgan fingerprint density at radius 1 is 1.17 bits per heavy atom. The van der Waals surface area contributed by atoms with E-state index in [1.165, 1.54) is 18.0 Å². The number of nitrogens with zero attached hydrogens (tertiary/aromatic N) is 1. The van der Waals surface area contributed by atoms with E-state index in [2.05, 4.69) is 10.7 Å². The summed E-state index contributed by atoms with van der Waals surface area (Å²) in [7, 11) is 0. The quantitative estimate of drug-likeness (QED) is 0.536. The molecule has 1 saturated heterocycles. The SMILES string of the molecule is CCOc1cc(NC(C)=O)ccc1C(=O)NN1C(=O)C(Cl)C1c1ccc(Cl)cc1. The summed E-state index contributed by atoms with van der Waals surface area (Å²) in [6, 6.07) is 11.0. The molecule has 0 radical (unpaired) electrons. The van der Waals surface area contributed by atoms with Crippen LogP contribution in [0.4, 0.5) is 5.69 Å². The van der Waals surface area contributed by atoms with Gasteiger partial charge in [0.25, 0.3) is 11.8 Å². The lowest BCUT2D eigenvalue weighted by Crippen LogP contribution is -2.63. The van der Waals surface area contributed by atoms with Crippen molar-refractivity contribution >= 4 is 46.6 Å². The van der Waals surface area contributed by atoms with Crippen LogP contribution in [0.25, 0.3) is 0 Å². The van der Waals surface area contributed by atoms with E-state index in [0.717, 1.165) is 5.56 Å². The van der Waals surface area contributed by atoms with Crippen molar-refractivity contribution in [3.8, 4) is 5.75 Å². The molecule has 0 aliphatic carbocycles. The first-order valence-electron chi connectivity index (χ1n) is 8.89. The largest absolute Gasteiger partial charge is 0.493 e. The molecule has 3 rings (SSSR count). The van der Waals surface area contributed by atoms with Gasteiger partial charge in [-0.1, -0.05) is 23.7 Å². The zero-order valence-corrected chi connectivity index (χ0v) is 17.3. The number of carbonyl (C=O) groups is 3. The minimum atomic E-state index is -0.787. The lowest BCUT2D eigenvalue weighted by atomic mass is 9.95. The Balaban J connectivity index is 1.82. The first-order valence-corrected chi connectivity index (χ1v) is 9.71. The third-order valence-corrected chi connectivity index (χ3v) is 4.99. The van der Waals surface area contributed by atoms with Gasteiger partial charge in [-0.05, 0) is 36.8 Å². The van der Waals surface area contributed by atoms with Gasteiger partial charge in [-0.25, -0.2) is 5.01 Å². The molecule has 1 aliphatic rings. The van der Waals surface area contributed by atoms with Crippen molar-refractivity contribution in [2.75, 3.05) is 11.9 Å². The minimum Gasteiger partial charge on any atom is -0.493 e. The highest BCUT2D eigenvalue weighted by Gasteiger charge is 2.48.